The van der Waals surface area contributed by atoms with Gasteiger partial charge in [0.05, 0.1) is 19.6 Å². The predicted octanol–water partition coefficient (Wildman–Crippen LogP) is 3.48. The normalized spacial score (nSPS) is 17.2. The van der Waals surface area contributed by atoms with Crippen LogP contribution in [-0.2, 0) is 11.2 Å². The Hall–Kier alpha value is -2.82. The van der Waals surface area contributed by atoms with Crippen LogP contribution in [0.25, 0.3) is 10.9 Å². The van der Waals surface area contributed by atoms with Crippen molar-refractivity contribution in [2.24, 2.45) is 0 Å². The van der Waals surface area contributed by atoms with Crippen LogP contribution in [0, 0.1) is 0 Å². The molecule has 0 bridgehead atoms. The molecule has 4 rings (SSSR count). The van der Waals surface area contributed by atoms with Gasteiger partial charge in [0.1, 0.15) is 5.75 Å². The second-order valence-corrected chi connectivity index (χ2v) is 6.43. The highest BCUT2D eigenvalue weighted by atomic mass is 16.5. The standard InChI is InChI=1S/C20H21N3O2/c1-25-16-4-5-18-17(12-16)15(13-22-18)11-20(24)23-10-2-3-19(23)14-6-8-21-9-7-14/h4-9,12-13,19,22H,2-3,10-11H2,1H3. The van der Waals surface area contributed by atoms with Gasteiger partial charge in [-0.15, -0.1) is 0 Å². The van der Waals surface area contributed by atoms with E-state index in [4.69, 9.17) is 4.74 Å². The average Bonchev–Trinajstić information content (AvgIpc) is 3.29. The van der Waals surface area contributed by atoms with Gasteiger partial charge in [-0.25, -0.2) is 0 Å². The molecule has 1 amide bonds. The Bertz CT molecular complexity index is 888. The van der Waals surface area contributed by atoms with Gasteiger partial charge >= 0.3 is 0 Å². The molecule has 1 aromatic carbocycles. The second-order valence-electron chi connectivity index (χ2n) is 6.43. The number of nitrogens with one attached hydrogen (secondary N) is 1. The molecule has 2 aromatic heterocycles. The van der Waals surface area contributed by atoms with Crippen LogP contribution in [0.3, 0.4) is 0 Å². The highest BCUT2D eigenvalue weighted by Gasteiger charge is 2.30. The maximum absolute atomic E-state index is 13.0. The van der Waals surface area contributed by atoms with E-state index in [1.54, 1.807) is 19.5 Å². The van der Waals surface area contributed by atoms with Gasteiger partial charge in [0.2, 0.25) is 5.91 Å². The molecule has 1 saturated heterocycles. The number of likely N-dealkylation sites (tertiary alicyclic amines) is 1. The van der Waals surface area contributed by atoms with Crippen LogP contribution in [0.5, 0.6) is 5.75 Å². The number of H-pyrrole nitrogens is 1. The summed E-state index contributed by atoms with van der Waals surface area (Å²) in [5, 5.41) is 1.05. The fraction of sp³-hybridized carbons (Fsp3) is 0.300. The van der Waals surface area contributed by atoms with E-state index in [-0.39, 0.29) is 11.9 Å². The summed E-state index contributed by atoms with van der Waals surface area (Å²) in [4.78, 5) is 22.3. The molecule has 5 nitrogen and oxygen atoms in total. The van der Waals surface area contributed by atoms with Gasteiger partial charge in [0, 0.05) is 36.0 Å². The third kappa shape index (κ3) is 2.97. The summed E-state index contributed by atoms with van der Waals surface area (Å²) in [5.41, 5.74) is 3.21. The van der Waals surface area contributed by atoms with E-state index in [1.807, 2.05) is 41.4 Å². The predicted molar refractivity (Wildman–Crippen MR) is 96.5 cm³/mol. The Labute approximate surface area is 146 Å². The topological polar surface area (TPSA) is 58.2 Å². The lowest BCUT2D eigenvalue weighted by atomic mass is 10.0. The monoisotopic (exact) mass is 335 g/mol. The molecule has 128 valence electrons. The van der Waals surface area contributed by atoms with Crippen LogP contribution in [0.4, 0.5) is 0 Å². The van der Waals surface area contributed by atoms with Crippen LogP contribution >= 0.6 is 0 Å². The zero-order valence-corrected chi connectivity index (χ0v) is 14.2. The molecule has 1 aliphatic heterocycles. The van der Waals surface area contributed by atoms with Gasteiger partial charge in [0.15, 0.2) is 0 Å². The highest BCUT2D eigenvalue weighted by Crippen LogP contribution is 2.32. The fourth-order valence-electron chi connectivity index (χ4n) is 3.69. The van der Waals surface area contributed by atoms with Crippen LogP contribution < -0.4 is 4.74 Å². The van der Waals surface area contributed by atoms with Crippen molar-refractivity contribution >= 4 is 16.8 Å². The van der Waals surface area contributed by atoms with Crippen molar-refractivity contribution in [3.63, 3.8) is 0 Å². The van der Waals surface area contributed by atoms with E-state index in [0.29, 0.717) is 6.42 Å². The third-order valence-corrected chi connectivity index (χ3v) is 4.98. The summed E-state index contributed by atoms with van der Waals surface area (Å²) < 4.78 is 5.31. The number of hydrogen-bond donors (Lipinski definition) is 1. The molecule has 25 heavy (non-hydrogen) atoms. The molecule has 3 aromatic rings. The Morgan fingerprint density at radius 1 is 1.32 bits per heavy atom. The summed E-state index contributed by atoms with van der Waals surface area (Å²) in [6.07, 6.45) is 7.97. The summed E-state index contributed by atoms with van der Waals surface area (Å²) in [5.74, 6) is 0.972. The van der Waals surface area contributed by atoms with E-state index in [0.717, 1.165) is 41.6 Å². The van der Waals surface area contributed by atoms with E-state index in [2.05, 4.69) is 9.97 Å². The molecule has 0 saturated carbocycles. The highest BCUT2D eigenvalue weighted by molar-refractivity contribution is 5.90. The molecular formula is C20H21N3O2. The number of carbonyl (C=O) groups excluding carboxylic acids is 1. The van der Waals surface area contributed by atoms with Crippen LogP contribution in [0.15, 0.2) is 48.9 Å². The maximum atomic E-state index is 13.0. The molecule has 3 heterocycles. The summed E-state index contributed by atoms with van der Waals surface area (Å²) in [6, 6.07) is 10.1. The minimum absolute atomic E-state index is 0.162. The molecule has 1 fully saturated rings. The number of amides is 1. The Kier molecular flexibility index (Phi) is 4.14. The lowest BCUT2D eigenvalue weighted by Gasteiger charge is -2.25. The number of carbonyl (C=O) groups is 1. The molecule has 0 aliphatic carbocycles. The van der Waals surface area contributed by atoms with E-state index >= 15 is 0 Å². The summed E-state index contributed by atoms with van der Waals surface area (Å²) in [6.45, 7) is 0.817. The number of hydrogen-bond acceptors (Lipinski definition) is 3. The number of nitrogens with zero attached hydrogens (tertiary/aromatic N) is 2. The van der Waals surface area contributed by atoms with E-state index < -0.39 is 0 Å². The first kappa shape index (κ1) is 15.7. The van der Waals surface area contributed by atoms with Crippen molar-refractivity contribution in [2.45, 2.75) is 25.3 Å². The van der Waals surface area contributed by atoms with Gasteiger partial charge in [-0.05, 0) is 54.3 Å². The lowest BCUT2D eigenvalue weighted by molar-refractivity contribution is -0.131. The number of methoxy groups -OCH3 is 1. The molecular weight excluding hydrogens is 314 g/mol. The third-order valence-electron chi connectivity index (χ3n) is 4.98. The lowest BCUT2D eigenvalue weighted by Crippen LogP contribution is -2.31. The van der Waals surface area contributed by atoms with Gasteiger partial charge in [-0.3, -0.25) is 9.78 Å². The van der Waals surface area contributed by atoms with E-state index in [9.17, 15) is 4.79 Å². The van der Waals surface area contributed by atoms with Gasteiger partial charge in [-0.1, -0.05) is 0 Å². The number of aromatic amines is 1. The van der Waals surface area contributed by atoms with Crippen LogP contribution in [0.1, 0.15) is 30.0 Å². The Morgan fingerprint density at radius 2 is 2.16 bits per heavy atom. The molecule has 1 atom stereocenters. The molecule has 1 unspecified atom stereocenters. The molecule has 5 heteroatoms. The summed E-state index contributed by atoms with van der Waals surface area (Å²) in [7, 11) is 1.65. The number of pyridine rings is 1. The van der Waals surface area contributed by atoms with Crippen molar-refractivity contribution in [1.29, 1.82) is 0 Å². The fourth-order valence-corrected chi connectivity index (χ4v) is 3.69. The average molecular weight is 335 g/mol. The van der Waals surface area contributed by atoms with Gasteiger partial charge in [-0.2, -0.15) is 0 Å². The molecule has 1 N–H and O–H groups in total. The largest absolute Gasteiger partial charge is 0.497 e. The van der Waals surface area contributed by atoms with Crippen molar-refractivity contribution < 1.29 is 9.53 Å². The minimum atomic E-state index is 0.162. The Balaban J connectivity index is 1.57. The maximum Gasteiger partial charge on any atom is 0.227 e. The van der Waals surface area contributed by atoms with Crippen molar-refractivity contribution in [3.05, 3.63) is 60.0 Å². The SMILES string of the molecule is COc1ccc2[nH]cc(CC(=O)N3CCCC3c3ccncc3)c2c1. The molecule has 0 radical (unpaired) electrons. The number of benzene rings is 1. The number of aromatic nitrogens is 2. The number of fused-ring (bicyclic) bond motifs is 1. The Morgan fingerprint density at radius 3 is 2.96 bits per heavy atom. The number of rotatable bonds is 4. The molecule has 0 spiro atoms. The van der Waals surface area contributed by atoms with Gasteiger partial charge in [0.25, 0.3) is 0 Å². The second kappa shape index (κ2) is 6.59. The van der Waals surface area contributed by atoms with Crippen LogP contribution in [-0.4, -0.2) is 34.4 Å². The first-order valence-corrected chi connectivity index (χ1v) is 8.59. The van der Waals surface area contributed by atoms with Crippen LogP contribution in [0.2, 0.25) is 0 Å². The quantitative estimate of drug-likeness (QED) is 0.794. The van der Waals surface area contributed by atoms with Crippen molar-refractivity contribution in [2.75, 3.05) is 13.7 Å². The van der Waals surface area contributed by atoms with Crippen molar-refractivity contribution in [3.8, 4) is 5.75 Å². The smallest absolute Gasteiger partial charge is 0.227 e. The zero-order chi connectivity index (χ0) is 17.2. The first-order chi connectivity index (χ1) is 12.3. The zero-order valence-electron chi connectivity index (χ0n) is 14.2. The van der Waals surface area contributed by atoms with Crippen molar-refractivity contribution in [1.82, 2.24) is 14.9 Å². The van der Waals surface area contributed by atoms with E-state index in [1.165, 1.54) is 5.56 Å². The molecule has 1 aliphatic rings. The summed E-state index contributed by atoms with van der Waals surface area (Å²) >= 11 is 0. The minimum Gasteiger partial charge on any atom is -0.497 e. The number of ether oxygens (including phenoxy) is 1. The van der Waals surface area contributed by atoms with Gasteiger partial charge < -0.3 is 14.6 Å². The first-order valence-electron chi connectivity index (χ1n) is 8.59.